The van der Waals surface area contributed by atoms with Crippen LogP contribution >= 0.6 is 0 Å². The summed E-state index contributed by atoms with van der Waals surface area (Å²) in [4.78, 5) is 8.08. The van der Waals surface area contributed by atoms with Gasteiger partial charge in [-0.3, -0.25) is 0 Å². The Morgan fingerprint density at radius 1 is 1.00 bits per heavy atom. The number of nitrogens with two attached hydrogens (primary N) is 1. The Balaban J connectivity index is 0.000000364. The van der Waals surface area contributed by atoms with Crippen LogP contribution in [0.4, 0.5) is 5.69 Å². The highest BCUT2D eigenvalue weighted by Crippen LogP contribution is 1.95. The van der Waals surface area contributed by atoms with Crippen molar-refractivity contribution in [3.8, 4) is 0 Å². The number of anilines is 1. The maximum atomic E-state index is 5.49. The molecule has 0 atom stereocenters. The number of hydrogen-bond acceptors (Lipinski definition) is 4. The molecule has 0 aromatic heterocycles. The molecule has 1 aromatic rings. The fraction of sp³-hybridized carbons (Fsp3) is 0.333. The third-order valence-corrected chi connectivity index (χ3v) is 2.25. The SMILES string of the molecule is COOC.C[O][Al][c]1ccc(N)cc1. The quantitative estimate of drug-likeness (QED) is 0.340. The van der Waals surface area contributed by atoms with Gasteiger partial charge < -0.3 is 9.52 Å². The van der Waals surface area contributed by atoms with E-state index in [0.29, 0.717) is 0 Å². The van der Waals surface area contributed by atoms with Gasteiger partial charge in [-0.15, -0.1) is 0 Å². The van der Waals surface area contributed by atoms with Crippen LogP contribution in [0.15, 0.2) is 24.3 Å². The molecule has 0 amide bonds. The Kier molecular flexibility index (Phi) is 8.64. The van der Waals surface area contributed by atoms with Crippen molar-refractivity contribution < 1.29 is 13.6 Å². The Morgan fingerprint density at radius 2 is 1.50 bits per heavy atom. The average molecular weight is 212 g/mol. The summed E-state index contributed by atoms with van der Waals surface area (Å²) in [5.74, 6) is 0. The third-order valence-electron chi connectivity index (χ3n) is 1.36. The van der Waals surface area contributed by atoms with E-state index in [1.807, 2.05) is 24.3 Å². The van der Waals surface area contributed by atoms with Gasteiger partial charge in [0.15, 0.2) is 0 Å². The van der Waals surface area contributed by atoms with E-state index in [4.69, 9.17) is 9.52 Å². The van der Waals surface area contributed by atoms with Crippen LogP contribution in [0.25, 0.3) is 0 Å². The van der Waals surface area contributed by atoms with Crippen molar-refractivity contribution in [1.82, 2.24) is 0 Å². The predicted octanol–water partition coefficient (Wildman–Crippen LogP) is 0.354. The van der Waals surface area contributed by atoms with Crippen molar-refractivity contribution in [2.45, 2.75) is 0 Å². The molecule has 4 nitrogen and oxygen atoms in total. The summed E-state index contributed by atoms with van der Waals surface area (Å²) in [5, 5.41) is 0. The minimum Gasteiger partial charge on any atom is -0.506 e. The third kappa shape index (κ3) is 6.90. The molecule has 5 heteroatoms. The number of nitrogen functional groups attached to an aromatic ring is 1. The van der Waals surface area contributed by atoms with Gasteiger partial charge in [-0.05, 0) is 12.1 Å². The Hall–Kier alpha value is -0.568. The largest absolute Gasteiger partial charge is 0.506 e. The van der Waals surface area contributed by atoms with E-state index in [9.17, 15) is 0 Å². The van der Waals surface area contributed by atoms with Gasteiger partial charge in [0, 0.05) is 12.8 Å². The lowest BCUT2D eigenvalue weighted by Gasteiger charge is -1.96. The summed E-state index contributed by atoms with van der Waals surface area (Å²) in [6.45, 7) is 0. The maximum absolute atomic E-state index is 5.49. The van der Waals surface area contributed by atoms with E-state index in [1.54, 1.807) is 7.11 Å². The van der Waals surface area contributed by atoms with Crippen molar-refractivity contribution in [2.75, 3.05) is 27.1 Å². The standard InChI is InChI=1S/C6H6N.C2H6O2.CH3O.Al/c7-6-4-2-1-3-5-6;1-3-4-2;1-2;/h2-5H,7H2;1-2H3;1H3;/q;;-1;+1. The van der Waals surface area contributed by atoms with Gasteiger partial charge in [-0.2, -0.15) is 0 Å². The second-order valence-electron chi connectivity index (χ2n) is 2.35. The molecular formula is C9H15AlNO3. The molecule has 0 saturated carbocycles. The highest BCUT2D eigenvalue weighted by molar-refractivity contribution is 6.46. The molecule has 0 aliphatic rings. The van der Waals surface area contributed by atoms with Crippen LogP contribution in [0.5, 0.6) is 0 Å². The molecule has 1 rings (SSSR count). The molecule has 0 bridgehead atoms. The molecule has 0 spiro atoms. The summed E-state index contributed by atoms with van der Waals surface area (Å²) in [7, 11) is 4.63. The molecule has 2 N–H and O–H groups in total. The molecule has 0 saturated heterocycles. The maximum Gasteiger partial charge on any atom is 0.469 e. The minimum atomic E-state index is -0.0223. The summed E-state index contributed by atoms with van der Waals surface area (Å²) in [6.07, 6.45) is 0. The van der Waals surface area contributed by atoms with Crippen molar-refractivity contribution in [1.29, 1.82) is 0 Å². The lowest BCUT2D eigenvalue weighted by atomic mass is 10.3. The Morgan fingerprint density at radius 3 is 1.86 bits per heavy atom. The van der Waals surface area contributed by atoms with Crippen LogP contribution in [0, 0.1) is 0 Å². The van der Waals surface area contributed by atoms with Gasteiger partial charge in [-0.25, -0.2) is 9.78 Å². The Labute approximate surface area is 90.9 Å². The minimum absolute atomic E-state index is 0.0223. The second-order valence-corrected chi connectivity index (χ2v) is 3.73. The van der Waals surface area contributed by atoms with Crippen molar-refractivity contribution in [2.24, 2.45) is 0 Å². The van der Waals surface area contributed by atoms with Gasteiger partial charge in [0.05, 0.1) is 14.2 Å². The fourth-order valence-electron chi connectivity index (χ4n) is 0.711. The van der Waals surface area contributed by atoms with E-state index < -0.39 is 0 Å². The first kappa shape index (κ1) is 13.4. The molecule has 1 aromatic carbocycles. The first-order valence-electron chi connectivity index (χ1n) is 4.03. The highest BCUT2D eigenvalue weighted by atomic mass is 27.1. The van der Waals surface area contributed by atoms with Crippen LogP contribution in [0.2, 0.25) is 0 Å². The van der Waals surface area contributed by atoms with Gasteiger partial charge in [0.1, 0.15) is 0 Å². The van der Waals surface area contributed by atoms with Crippen molar-refractivity contribution in [3.05, 3.63) is 24.3 Å². The van der Waals surface area contributed by atoms with Crippen molar-refractivity contribution in [3.63, 3.8) is 0 Å². The molecule has 0 aliphatic carbocycles. The van der Waals surface area contributed by atoms with E-state index in [2.05, 4.69) is 9.78 Å². The first-order valence-corrected chi connectivity index (χ1v) is 5.07. The zero-order valence-corrected chi connectivity index (χ0v) is 9.84. The van der Waals surface area contributed by atoms with Crippen LogP contribution in [-0.4, -0.2) is 36.9 Å². The zero-order chi connectivity index (χ0) is 10.8. The fourth-order valence-corrected chi connectivity index (χ4v) is 1.33. The van der Waals surface area contributed by atoms with Crippen LogP contribution < -0.4 is 10.2 Å². The summed E-state index contributed by atoms with van der Waals surface area (Å²) in [6, 6.07) is 7.77. The molecular weight excluding hydrogens is 197 g/mol. The van der Waals surface area contributed by atoms with Gasteiger partial charge in [0.25, 0.3) is 0 Å². The summed E-state index contributed by atoms with van der Waals surface area (Å²) < 4.78 is 6.24. The molecule has 77 valence electrons. The van der Waals surface area contributed by atoms with Gasteiger partial charge in [0.2, 0.25) is 0 Å². The lowest BCUT2D eigenvalue weighted by Crippen LogP contribution is -2.15. The second kappa shape index (κ2) is 9.01. The smallest absolute Gasteiger partial charge is 0.469 e. The highest BCUT2D eigenvalue weighted by Gasteiger charge is 1.94. The van der Waals surface area contributed by atoms with E-state index >= 15 is 0 Å². The van der Waals surface area contributed by atoms with Crippen molar-refractivity contribution >= 4 is 25.7 Å². The van der Waals surface area contributed by atoms with E-state index in [-0.39, 0.29) is 15.6 Å². The summed E-state index contributed by atoms with van der Waals surface area (Å²) in [5.41, 5.74) is 6.30. The van der Waals surface area contributed by atoms with E-state index in [0.717, 1.165) is 5.69 Å². The number of rotatable bonds is 3. The normalized spacial score (nSPS) is 8.79. The molecule has 0 fully saturated rings. The van der Waals surface area contributed by atoms with Crippen LogP contribution in [0.3, 0.4) is 0 Å². The Bertz CT molecular complexity index is 226. The monoisotopic (exact) mass is 212 g/mol. The molecule has 0 aliphatic heterocycles. The first-order chi connectivity index (χ1) is 6.74. The van der Waals surface area contributed by atoms with Gasteiger partial charge in [-0.1, -0.05) is 16.6 Å². The molecule has 0 unspecified atom stereocenters. The molecule has 14 heavy (non-hydrogen) atoms. The zero-order valence-electron chi connectivity index (χ0n) is 8.69. The summed E-state index contributed by atoms with van der Waals surface area (Å²) >= 11 is -0.0223. The van der Waals surface area contributed by atoms with Crippen LogP contribution in [-0.2, 0) is 13.6 Å². The molecule has 1 radical (unpaired) electrons. The average Bonchev–Trinajstić information content (AvgIpc) is 2.22. The van der Waals surface area contributed by atoms with Crippen LogP contribution in [0.1, 0.15) is 0 Å². The molecule has 0 heterocycles. The predicted molar refractivity (Wildman–Crippen MR) is 57.3 cm³/mol. The number of hydrogen-bond donors (Lipinski definition) is 1. The van der Waals surface area contributed by atoms with E-state index in [1.165, 1.54) is 18.6 Å². The number of benzene rings is 1. The topological polar surface area (TPSA) is 53.7 Å². The van der Waals surface area contributed by atoms with Gasteiger partial charge >= 0.3 is 15.6 Å². The lowest BCUT2D eigenvalue weighted by molar-refractivity contribution is -0.248.